The van der Waals surface area contributed by atoms with Gasteiger partial charge in [0.2, 0.25) is 0 Å². The number of furan rings is 1. The van der Waals surface area contributed by atoms with Gasteiger partial charge in [0.1, 0.15) is 5.76 Å². The van der Waals surface area contributed by atoms with E-state index < -0.39 is 0 Å². The van der Waals surface area contributed by atoms with Crippen LogP contribution in [0.2, 0.25) is 0 Å². The van der Waals surface area contributed by atoms with Gasteiger partial charge >= 0.3 is 0 Å². The summed E-state index contributed by atoms with van der Waals surface area (Å²) in [7, 11) is 1.79. The fraction of sp³-hybridized carbons (Fsp3) is 0.154. The van der Waals surface area contributed by atoms with Crippen LogP contribution in [-0.2, 0) is 6.54 Å². The number of nitrogens with one attached hydrogen (secondary N) is 2. The average Bonchev–Trinajstić information content (AvgIpc) is 2.89. The second kappa shape index (κ2) is 5.21. The van der Waals surface area contributed by atoms with Crippen LogP contribution in [0.15, 0.2) is 47.1 Å². The molecule has 4 heteroatoms. The molecule has 1 amide bonds. The zero-order valence-corrected chi connectivity index (χ0v) is 9.57. The van der Waals surface area contributed by atoms with Crippen molar-refractivity contribution < 1.29 is 9.21 Å². The molecule has 0 saturated carbocycles. The number of benzene rings is 1. The molecular formula is C13H14N2O2. The van der Waals surface area contributed by atoms with E-state index in [9.17, 15) is 4.79 Å². The highest BCUT2D eigenvalue weighted by Crippen LogP contribution is 2.13. The molecule has 0 aliphatic rings. The summed E-state index contributed by atoms with van der Waals surface area (Å²) in [6.07, 6.45) is 1.59. The first-order valence-electron chi connectivity index (χ1n) is 5.38. The van der Waals surface area contributed by atoms with Crippen LogP contribution < -0.4 is 10.6 Å². The average molecular weight is 230 g/mol. The summed E-state index contributed by atoms with van der Waals surface area (Å²) in [6, 6.07) is 11.0. The second-order valence-corrected chi connectivity index (χ2v) is 3.56. The molecule has 2 aromatic rings. The van der Waals surface area contributed by atoms with E-state index in [2.05, 4.69) is 10.6 Å². The van der Waals surface area contributed by atoms with Gasteiger partial charge in [-0.05, 0) is 24.3 Å². The zero-order chi connectivity index (χ0) is 12.1. The number of hydrogen-bond acceptors (Lipinski definition) is 3. The number of rotatable bonds is 4. The van der Waals surface area contributed by atoms with Crippen molar-refractivity contribution >= 4 is 11.6 Å². The molecule has 0 atom stereocenters. The quantitative estimate of drug-likeness (QED) is 0.847. The molecule has 2 rings (SSSR count). The minimum Gasteiger partial charge on any atom is -0.467 e. The third-order valence-electron chi connectivity index (χ3n) is 2.44. The first kappa shape index (κ1) is 11.3. The molecule has 0 spiro atoms. The number of anilines is 1. The van der Waals surface area contributed by atoms with E-state index in [1.807, 2.05) is 24.3 Å². The summed E-state index contributed by atoms with van der Waals surface area (Å²) in [6.45, 7) is 0.393. The molecule has 0 unspecified atom stereocenters. The predicted molar refractivity (Wildman–Crippen MR) is 65.9 cm³/mol. The summed E-state index contributed by atoms with van der Waals surface area (Å²) in [4.78, 5) is 11.9. The Labute approximate surface area is 99.6 Å². The Bertz CT molecular complexity index is 492. The molecule has 0 radical (unpaired) electrons. The monoisotopic (exact) mass is 230 g/mol. The first-order valence-corrected chi connectivity index (χ1v) is 5.38. The topological polar surface area (TPSA) is 54.3 Å². The summed E-state index contributed by atoms with van der Waals surface area (Å²) in [5.74, 6) is 0.617. The Morgan fingerprint density at radius 2 is 2.06 bits per heavy atom. The zero-order valence-electron chi connectivity index (χ0n) is 9.57. The van der Waals surface area contributed by atoms with Gasteiger partial charge in [0, 0.05) is 12.7 Å². The number of para-hydroxylation sites is 1. The molecule has 0 aliphatic heterocycles. The molecular weight excluding hydrogens is 216 g/mol. The normalized spacial score (nSPS) is 9.94. The van der Waals surface area contributed by atoms with E-state index in [0.29, 0.717) is 12.1 Å². The Morgan fingerprint density at radius 1 is 1.24 bits per heavy atom. The maximum atomic E-state index is 11.9. The van der Waals surface area contributed by atoms with Crippen molar-refractivity contribution in [3.05, 3.63) is 54.0 Å². The van der Waals surface area contributed by atoms with Gasteiger partial charge in [-0.3, -0.25) is 4.79 Å². The molecule has 1 heterocycles. The highest BCUT2D eigenvalue weighted by Gasteiger charge is 2.09. The largest absolute Gasteiger partial charge is 0.467 e. The fourth-order valence-electron chi connectivity index (χ4n) is 1.57. The van der Waals surface area contributed by atoms with Gasteiger partial charge in [-0.25, -0.2) is 0 Å². The van der Waals surface area contributed by atoms with Gasteiger partial charge in [0.15, 0.2) is 0 Å². The SMILES string of the molecule is CNc1ccccc1C(=O)NCc1ccco1. The summed E-state index contributed by atoms with van der Waals surface area (Å²) in [5, 5.41) is 5.79. The molecule has 1 aromatic carbocycles. The molecule has 2 N–H and O–H groups in total. The molecule has 0 fully saturated rings. The van der Waals surface area contributed by atoms with Crippen molar-refractivity contribution in [3.63, 3.8) is 0 Å². The van der Waals surface area contributed by atoms with Crippen LogP contribution in [0.25, 0.3) is 0 Å². The second-order valence-electron chi connectivity index (χ2n) is 3.56. The first-order chi connectivity index (χ1) is 8.31. The Balaban J connectivity index is 2.04. The van der Waals surface area contributed by atoms with Crippen molar-refractivity contribution in [2.75, 3.05) is 12.4 Å². The Kier molecular flexibility index (Phi) is 3.45. The third kappa shape index (κ3) is 2.66. The van der Waals surface area contributed by atoms with Crippen LogP contribution in [0, 0.1) is 0 Å². The Morgan fingerprint density at radius 3 is 2.76 bits per heavy atom. The van der Waals surface area contributed by atoms with Crippen molar-refractivity contribution in [2.24, 2.45) is 0 Å². The summed E-state index contributed by atoms with van der Waals surface area (Å²) in [5.41, 5.74) is 1.44. The standard InChI is InChI=1S/C13H14N2O2/c1-14-12-7-3-2-6-11(12)13(16)15-9-10-5-4-8-17-10/h2-8,14H,9H2,1H3,(H,15,16). The molecule has 1 aromatic heterocycles. The maximum absolute atomic E-state index is 11.9. The molecule has 0 aliphatic carbocycles. The van der Waals surface area contributed by atoms with Crippen molar-refractivity contribution in [3.8, 4) is 0 Å². The Hall–Kier alpha value is -2.23. The summed E-state index contributed by atoms with van der Waals surface area (Å²) < 4.78 is 5.15. The highest BCUT2D eigenvalue weighted by atomic mass is 16.3. The predicted octanol–water partition coefficient (Wildman–Crippen LogP) is 2.25. The van der Waals surface area contributed by atoms with Crippen LogP contribution in [0.3, 0.4) is 0 Å². The van der Waals surface area contributed by atoms with Gasteiger partial charge in [-0.15, -0.1) is 0 Å². The van der Waals surface area contributed by atoms with Gasteiger partial charge in [-0.2, -0.15) is 0 Å². The molecule has 0 bridgehead atoms. The number of carbonyl (C=O) groups excluding carboxylic acids is 1. The molecule has 4 nitrogen and oxygen atoms in total. The van der Waals surface area contributed by atoms with Crippen LogP contribution in [0.5, 0.6) is 0 Å². The van der Waals surface area contributed by atoms with Crippen molar-refractivity contribution in [2.45, 2.75) is 6.54 Å². The number of hydrogen-bond donors (Lipinski definition) is 2. The number of amides is 1. The lowest BCUT2D eigenvalue weighted by Crippen LogP contribution is -2.23. The third-order valence-corrected chi connectivity index (χ3v) is 2.44. The van der Waals surface area contributed by atoms with E-state index in [4.69, 9.17) is 4.42 Å². The van der Waals surface area contributed by atoms with E-state index in [1.54, 1.807) is 25.4 Å². The van der Waals surface area contributed by atoms with Gasteiger partial charge in [-0.1, -0.05) is 12.1 Å². The minimum atomic E-state index is -0.119. The lowest BCUT2D eigenvalue weighted by molar-refractivity contribution is 0.0949. The summed E-state index contributed by atoms with van der Waals surface area (Å²) >= 11 is 0. The van der Waals surface area contributed by atoms with Crippen LogP contribution >= 0.6 is 0 Å². The van der Waals surface area contributed by atoms with Crippen LogP contribution in [0.1, 0.15) is 16.1 Å². The van der Waals surface area contributed by atoms with E-state index in [0.717, 1.165) is 11.4 Å². The van der Waals surface area contributed by atoms with E-state index in [1.165, 1.54) is 0 Å². The molecule has 0 saturated heterocycles. The van der Waals surface area contributed by atoms with Gasteiger partial charge in [0.25, 0.3) is 5.91 Å². The minimum absolute atomic E-state index is 0.119. The van der Waals surface area contributed by atoms with E-state index >= 15 is 0 Å². The van der Waals surface area contributed by atoms with Gasteiger partial charge in [0.05, 0.1) is 18.4 Å². The van der Waals surface area contributed by atoms with E-state index in [-0.39, 0.29) is 5.91 Å². The highest BCUT2D eigenvalue weighted by molar-refractivity contribution is 5.99. The maximum Gasteiger partial charge on any atom is 0.253 e. The molecule has 17 heavy (non-hydrogen) atoms. The smallest absolute Gasteiger partial charge is 0.253 e. The van der Waals surface area contributed by atoms with Gasteiger partial charge < -0.3 is 15.1 Å². The van der Waals surface area contributed by atoms with Crippen molar-refractivity contribution in [1.29, 1.82) is 0 Å². The van der Waals surface area contributed by atoms with Crippen LogP contribution in [-0.4, -0.2) is 13.0 Å². The number of carbonyl (C=O) groups is 1. The lowest BCUT2D eigenvalue weighted by Gasteiger charge is -2.08. The van der Waals surface area contributed by atoms with Crippen molar-refractivity contribution in [1.82, 2.24) is 5.32 Å². The van der Waals surface area contributed by atoms with Crippen LogP contribution in [0.4, 0.5) is 5.69 Å². The lowest BCUT2D eigenvalue weighted by atomic mass is 10.1. The molecule has 88 valence electrons. The fourth-order valence-corrected chi connectivity index (χ4v) is 1.57.